The number of nitrogens with zero attached hydrogens (tertiary/aromatic N) is 1. The molecule has 10 heteroatoms. The largest absolute Gasteiger partial charge is 0.500 e. The normalized spacial score (nSPS) is 12.9. The van der Waals surface area contributed by atoms with Crippen molar-refractivity contribution in [2.45, 2.75) is 30.6 Å². The molecule has 0 fully saturated rings. The first kappa shape index (κ1) is 29.8. The molecule has 8 nitrogen and oxygen atoms in total. The Hall–Kier alpha value is -1.45. The second kappa shape index (κ2) is 14.3. The molecule has 0 heterocycles. The standard InChI is InChI=1S/C25H42N2O6Si2/c1-28-34(29-2,30-3)21-13-19-27(20-14-22-35(31-4,32-5)33-6)25(26,23-15-9-7-10-16-23)24-17-11-8-12-18-24/h7-12,15-18H,13-14,19-22,26H2,1-6H3. The van der Waals surface area contributed by atoms with E-state index in [1.54, 1.807) is 42.7 Å². The van der Waals surface area contributed by atoms with E-state index in [2.05, 4.69) is 29.2 Å². The highest BCUT2D eigenvalue weighted by molar-refractivity contribution is 6.60. The Labute approximate surface area is 213 Å². The molecular weight excluding hydrogens is 480 g/mol. The molecule has 0 amide bonds. The Kier molecular flexibility index (Phi) is 12.2. The van der Waals surface area contributed by atoms with Crippen LogP contribution in [0.1, 0.15) is 24.0 Å². The van der Waals surface area contributed by atoms with Crippen LogP contribution in [-0.2, 0) is 32.2 Å². The maximum atomic E-state index is 7.34. The molecule has 2 aromatic carbocycles. The van der Waals surface area contributed by atoms with Crippen molar-refractivity contribution in [1.29, 1.82) is 0 Å². The predicted octanol–water partition coefficient (Wildman–Crippen LogP) is 3.68. The molecular formula is C25H42N2O6Si2. The average molecular weight is 523 g/mol. The molecule has 0 aliphatic rings. The highest BCUT2D eigenvalue weighted by Crippen LogP contribution is 2.32. The second-order valence-electron chi connectivity index (χ2n) is 8.28. The van der Waals surface area contributed by atoms with Crippen LogP contribution in [0.3, 0.4) is 0 Å². The topological polar surface area (TPSA) is 84.6 Å². The number of benzene rings is 2. The molecule has 0 unspecified atom stereocenters. The number of hydrogen-bond acceptors (Lipinski definition) is 8. The summed E-state index contributed by atoms with van der Waals surface area (Å²) in [5.41, 5.74) is 8.55. The summed E-state index contributed by atoms with van der Waals surface area (Å²) in [7, 11) is 4.45. The number of nitrogens with two attached hydrogens (primary N) is 1. The predicted molar refractivity (Wildman–Crippen MR) is 142 cm³/mol. The lowest BCUT2D eigenvalue weighted by atomic mass is 9.89. The van der Waals surface area contributed by atoms with Crippen molar-refractivity contribution in [2.24, 2.45) is 5.73 Å². The molecule has 2 rings (SSSR count). The van der Waals surface area contributed by atoms with E-state index in [9.17, 15) is 0 Å². The Morgan fingerprint density at radius 1 is 0.600 bits per heavy atom. The molecule has 0 aliphatic carbocycles. The molecule has 0 saturated carbocycles. The molecule has 0 bridgehead atoms. The minimum atomic E-state index is -2.70. The van der Waals surface area contributed by atoms with Crippen LogP contribution in [0.25, 0.3) is 0 Å². The van der Waals surface area contributed by atoms with Crippen LogP contribution in [0, 0.1) is 0 Å². The fraction of sp³-hybridized carbons (Fsp3) is 0.520. The van der Waals surface area contributed by atoms with E-state index in [-0.39, 0.29) is 0 Å². The van der Waals surface area contributed by atoms with Crippen LogP contribution >= 0.6 is 0 Å². The van der Waals surface area contributed by atoms with Gasteiger partial charge in [-0.05, 0) is 24.0 Å². The first-order chi connectivity index (χ1) is 16.9. The summed E-state index contributed by atoms with van der Waals surface area (Å²) in [5, 5.41) is 0. The highest BCUT2D eigenvalue weighted by Gasteiger charge is 2.41. The van der Waals surface area contributed by atoms with Crippen molar-refractivity contribution >= 4 is 17.6 Å². The van der Waals surface area contributed by atoms with Gasteiger partial charge >= 0.3 is 17.6 Å². The quantitative estimate of drug-likeness (QED) is 0.249. The van der Waals surface area contributed by atoms with Gasteiger partial charge in [0, 0.05) is 67.8 Å². The Bertz CT molecular complexity index is 756. The summed E-state index contributed by atoms with van der Waals surface area (Å²) >= 11 is 0. The van der Waals surface area contributed by atoms with Gasteiger partial charge in [-0.1, -0.05) is 60.7 Å². The van der Waals surface area contributed by atoms with Crippen LogP contribution in [0.5, 0.6) is 0 Å². The van der Waals surface area contributed by atoms with E-state index >= 15 is 0 Å². The van der Waals surface area contributed by atoms with E-state index in [1.165, 1.54) is 0 Å². The monoisotopic (exact) mass is 522 g/mol. The minimum Gasteiger partial charge on any atom is -0.377 e. The van der Waals surface area contributed by atoms with E-state index in [0.29, 0.717) is 25.2 Å². The summed E-state index contributed by atoms with van der Waals surface area (Å²) in [6, 6.07) is 21.8. The molecule has 2 aromatic rings. The molecule has 0 aliphatic heterocycles. The first-order valence-corrected chi connectivity index (χ1v) is 15.7. The van der Waals surface area contributed by atoms with Crippen molar-refractivity contribution < 1.29 is 26.6 Å². The third-order valence-electron chi connectivity index (χ3n) is 6.61. The van der Waals surface area contributed by atoms with E-state index in [1.807, 2.05) is 36.4 Å². The van der Waals surface area contributed by atoms with Crippen LogP contribution in [-0.4, -0.2) is 78.3 Å². The molecule has 0 aromatic heterocycles. The van der Waals surface area contributed by atoms with Gasteiger partial charge in [0.15, 0.2) is 0 Å². The summed E-state index contributed by atoms with van der Waals surface area (Å²) in [5.74, 6) is 0. The van der Waals surface area contributed by atoms with Gasteiger partial charge in [-0.3, -0.25) is 4.90 Å². The molecule has 196 valence electrons. The van der Waals surface area contributed by atoms with Crippen molar-refractivity contribution in [3.63, 3.8) is 0 Å². The third kappa shape index (κ3) is 7.29. The van der Waals surface area contributed by atoms with Gasteiger partial charge in [-0.2, -0.15) is 0 Å². The lowest BCUT2D eigenvalue weighted by molar-refractivity contribution is 0.102. The van der Waals surface area contributed by atoms with Crippen LogP contribution in [0.4, 0.5) is 0 Å². The van der Waals surface area contributed by atoms with Crippen LogP contribution in [0.2, 0.25) is 12.1 Å². The maximum absolute atomic E-state index is 7.34. The average Bonchev–Trinajstić information content (AvgIpc) is 2.93. The fourth-order valence-corrected chi connectivity index (χ4v) is 7.87. The highest BCUT2D eigenvalue weighted by atomic mass is 28.4. The lowest BCUT2D eigenvalue weighted by Crippen LogP contribution is -2.55. The van der Waals surface area contributed by atoms with Crippen molar-refractivity contribution in [3.8, 4) is 0 Å². The summed E-state index contributed by atoms with van der Waals surface area (Å²) in [6.07, 6.45) is 1.59. The van der Waals surface area contributed by atoms with Crippen LogP contribution < -0.4 is 5.73 Å². The first-order valence-electron chi connectivity index (χ1n) is 11.8. The maximum Gasteiger partial charge on any atom is 0.500 e. The lowest BCUT2D eigenvalue weighted by Gasteiger charge is -2.43. The summed E-state index contributed by atoms with van der Waals surface area (Å²) in [4.78, 5) is 2.32. The SMILES string of the molecule is CO[Si](CCCN(CCC[Si](OC)(OC)OC)C(N)(c1ccccc1)c1ccccc1)(OC)OC. The van der Waals surface area contributed by atoms with Crippen LogP contribution in [0.15, 0.2) is 60.7 Å². The molecule has 0 spiro atoms. The van der Waals surface area contributed by atoms with Crippen molar-refractivity contribution in [3.05, 3.63) is 71.8 Å². The third-order valence-corrected chi connectivity index (χ3v) is 12.3. The zero-order chi connectivity index (χ0) is 25.8. The Morgan fingerprint density at radius 2 is 0.914 bits per heavy atom. The Balaban J connectivity index is 2.38. The molecule has 2 N–H and O–H groups in total. The van der Waals surface area contributed by atoms with Gasteiger partial charge in [0.25, 0.3) is 0 Å². The zero-order valence-corrected chi connectivity index (χ0v) is 24.0. The summed E-state index contributed by atoms with van der Waals surface area (Å²) in [6.45, 7) is 1.43. The van der Waals surface area contributed by atoms with Gasteiger partial charge in [-0.15, -0.1) is 0 Å². The van der Waals surface area contributed by atoms with Crippen molar-refractivity contribution in [1.82, 2.24) is 4.90 Å². The van der Waals surface area contributed by atoms with E-state index in [0.717, 1.165) is 24.0 Å². The molecule has 0 saturated heterocycles. The van der Waals surface area contributed by atoms with Gasteiger partial charge in [0.1, 0.15) is 5.66 Å². The van der Waals surface area contributed by atoms with E-state index in [4.69, 9.17) is 32.3 Å². The smallest absolute Gasteiger partial charge is 0.377 e. The molecule has 0 radical (unpaired) electrons. The van der Waals surface area contributed by atoms with Crippen molar-refractivity contribution in [2.75, 3.05) is 55.7 Å². The van der Waals surface area contributed by atoms with Gasteiger partial charge in [0.2, 0.25) is 0 Å². The Morgan fingerprint density at radius 3 is 1.20 bits per heavy atom. The van der Waals surface area contributed by atoms with Gasteiger partial charge < -0.3 is 32.3 Å². The minimum absolute atomic E-state index is 0.680. The van der Waals surface area contributed by atoms with Gasteiger partial charge in [0.05, 0.1) is 0 Å². The number of hydrogen-bond donors (Lipinski definition) is 1. The second-order valence-corrected chi connectivity index (χ2v) is 14.5. The summed E-state index contributed by atoms with van der Waals surface area (Å²) < 4.78 is 33.9. The van der Waals surface area contributed by atoms with Gasteiger partial charge in [-0.25, -0.2) is 0 Å². The molecule has 0 atom stereocenters. The molecule has 35 heavy (non-hydrogen) atoms. The number of rotatable bonds is 17. The fourth-order valence-electron chi connectivity index (χ4n) is 4.47. The van der Waals surface area contributed by atoms with E-state index < -0.39 is 23.3 Å². The zero-order valence-electron chi connectivity index (χ0n) is 22.0.